The Morgan fingerprint density at radius 3 is 2.24 bits per heavy atom. The molecule has 0 fully saturated rings. The molecule has 45 heavy (non-hydrogen) atoms. The van der Waals surface area contributed by atoms with E-state index in [1.165, 1.54) is 42.0 Å². The number of hydrogen-bond acceptors (Lipinski definition) is 4. The first-order chi connectivity index (χ1) is 22.2. The number of amidine groups is 1. The molecule has 2 N–H and O–H groups in total. The fraction of sp³-hybridized carbons (Fsp3) is 0. The summed E-state index contributed by atoms with van der Waals surface area (Å²) in [6, 6.07) is 48.6. The Bertz CT molecular complexity index is 2510. The summed E-state index contributed by atoms with van der Waals surface area (Å²) in [6.07, 6.45) is 1.89. The van der Waals surface area contributed by atoms with Gasteiger partial charge in [0.05, 0.1) is 28.1 Å². The molecular formula is C40H26N4S. The number of aliphatic imine (C=N–C) groups is 1. The molecule has 2 aromatic heterocycles. The van der Waals surface area contributed by atoms with E-state index >= 15 is 0 Å². The molecule has 212 valence electrons. The van der Waals surface area contributed by atoms with E-state index < -0.39 is 0 Å². The maximum Gasteiger partial charge on any atom is 0.138 e. The van der Waals surface area contributed by atoms with Crippen molar-refractivity contribution in [3.8, 4) is 5.69 Å². The SMILES string of the molecule is N=C(/C=C1\NC(c2ccc(-n3c4ccccc4c4cc5c(cc43)sc3ccccc35)cc2)=Nc2ccccc21)c1ccccc1. The van der Waals surface area contributed by atoms with Gasteiger partial charge in [-0.15, -0.1) is 11.3 Å². The van der Waals surface area contributed by atoms with Gasteiger partial charge in [-0.05, 0) is 66.2 Å². The molecule has 9 rings (SSSR count). The summed E-state index contributed by atoms with van der Waals surface area (Å²) < 4.78 is 4.98. The van der Waals surface area contributed by atoms with Gasteiger partial charge >= 0.3 is 0 Å². The third kappa shape index (κ3) is 4.20. The zero-order chi connectivity index (χ0) is 29.9. The number of thiophene rings is 1. The Morgan fingerprint density at radius 2 is 1.38 bits per heavy atom. The normalized spacial score (nSPS) is 13.8. The first-order valence-corrected chi connectivity index (χ1v) is 15.8. The molecule has 8 aromatic rings. The number of rotatable bonds is 4. The summed E-state index contributed by atoms with van der Waals surface area (Å²) in [5.74, 6) is 0.765. The molecule has 6 aromatic carbocycles. The Hall–Kier alpha value is -5.78. The second kappa shape index (κ2) is 10.2. The van der Waals surface area contributed by atoms with Crippen LogP contribution in [0.4, 0.5) is 5.69 Å². The lowest BCUT2D eigenvalue weighted by molar-refractivity contribution is 1.17. The van der Waals surface area contributed by atoms with Crippen molar-refractivity contribution >= 4 is 76.2 Å². The molecular weight excluding hydrogens is 569 g/mol. The minimum absolute atomic E-state index is 0.448. The number of benzene rings is 6. The quantitative estimate of drug-likeness (QED) is 0.196. The average molecular weight is 595 g/mol. The number of para-hydroxylation sites is 2. The van der Waals surface area contributed by atoms with Crippen molar-refractivity contribution in [1.82, 2.24) is 9.88 Å². The van der Waals surface area contributed by atoms with Crippen molar-refractivity contribution in [2.75, 3.05) is 0 Å². The number of nitrogens with one attached hydrogen (secondary N) is 2. The average Bonchev–Trinajstić information content (AvgIpc) is 3.62. The van der Waals surface area contributed by atoms with Gasteiger partial charge < -0.3 is 15.3 Å². The van der Waals surface area contributed by atoms with Gasteiger partial charge in [0, 0.05) is 47.8 Å². The second-order valence-electron chi connectivity index (χ2n) is 11.3. The molecule has 0 spiro atoms. The van der Waals surface area contributed by atoms with Crippen LogP contribution in [0.15, 0.2) is 151 Å². The van der Waals surface area contributed by atoms with Gasteiger partial charge in [-0.3, -0.25) is 0 Å². The molecule has 0 saturated heterocycles. The summed E-state index contributed by atoms with van der Waals surface area (Å²) in [7, 11) is 0. The van der Waals surface area contributed by atoms with Gasteiger partial charge in [-0.1, -0.05) is 84.9 Å². The minimum Gasteiger partial charge on any atom is -0.339 e. The van der Waals surface area contributed by atoms with E-state index in [0.717, 1.165) is 39.6 Å². The first-order valence-electron chi connectivity index (χ1n) is 15.0. The molecule has 0 aliphatic carbocycles. The van der Waals surface area contributed by atoms with Crippen LogP contribution in [0.3, 0.4) is 0 Å². The van der Waals surface area contributed by atoms with Crippen LogP contribution < -0.4 is 5.32 Å². The zero-order valence-electron chi connectivity index (χ0n) is 24.2. The number of aromatic nitrogens is 1. The molecule has 4 nitrogen and oxygen atoms in total. The van der Waals surface area contributed by atoms with Crippen molar-refractivity contribution in [1.29, 1.82) is 5.41 Å². The van der Waals surface area contributed by atoms with Crippen molar-refractivity contribution < 1.29 is 0 Å². The lowest BCUT2D eigenvalue weighted by Gasteiger charge is -2.21. The first kappa shape index (κ1) is 25.7. The van der Waals surface area contributed by atoms with Crippen LogP contribution >= 0.6 is 11.3 Å². The fourth-order valence-corrected chi connectivity index (χ4v) is 7.59. The molecule has 0 unspecified atom stereocenters. The molecule has 0 amide bonds. The van der Waals surface area contributed by atoms with Crippen LogP contribution in [0.1, 0.15) is 16.7 Å². The van der Waals surface area contributed by atoms with Gasteiger partial charge in [-0.25, -0.2) is 4.99 Å². The van der Waals surface area contributed by atoms with Crippen LogP contribution in [-0.4, -0.2) is 16.1 Å². The summed E-state index contributed by atoms with van der Waals surface area (Å²) in [4.78, 5) is 4.98. The van der Waals surface area contributed by atoms with Crippen molar-refractivity contribution in [2.24, 2.45) is 4.99 Å². The molecule has 1 aliphatic rings. The summed E-state index contributed by atoms with van der Waals surface area (Å²) in [5, 5.41) is 17.4. The van der Waals surface area contributed by atoms with E-state index in [4.69, 9.17) is 10.4 Å². The topological polar surface area (TPSA) is 53.2 Å². The van der Waals surface area contributed by atoms with E-state index in [-0.39, 0.29) is 0 Å². The number of hydrogen-bond donors (Lipinski definition) is 2. The molecule has 0 bridgehead atoms. The highest BCUT2D eigenvalue weighted by Crippen LogP contribution is 2.40. The summed E-state index contributed by atoms with van der Waals surface area (Å²) in [5.41, 5.74) is 8.53. The largest absolute Gasteiger partial charge is 0.339 e. The van der Waals surface area contributed by atoms with Crippen LogP contribution in [0.25, 0.3) is 53.4 Å². The number of allylic oxidation sites excluding steroid dienone is 1. The van der Waals surface area contributed by atoms with E-state index in [1.54, 1.807) is 0 Å². The zero-order valence-corrected chi connectivity index (χ0v) is 25.0. The Kier molecular flexibility index (Phi) is 5.80. The van der Waals surface area contributed by atoms with Crippen molar-refractivity contribution in [3.05, 3.63) is 162 Å². The highest BCUT2D eigenvalue weighted by molar-refractivity contribution is 7.25. The van der Waals surface area contributed by atoms with E-state index in [0.29, 0.717) is 5.71 Å². The minimum atomic E-state index is 0.448. The number of nitrogens with zero attached hydrogens (tertiary/aromatic N) is 2. The van der Waals surface area contributed by atoms with Gasteiger partial charge in [0.25, 0.3) is 0 Å². The van der Waals surface area contributed by atoms with Gasteiger partial charge in [-0.2, -0.15) is 0 Å². The van der Waals surface area contributed by atoms with E-state index in [1.807, 2.05) is 72.0 Å². The summed E-state index contributed by atoms with van der Waals surface area (Å²) >= 11 is 1.85. The van der Waals surface area contributed by atoms with Crippen LogP contribution in [0.2, 0.25) is 0 Å². The molecule has 5 heteroatoms. The monoisotopic (exact) mass is 594 g/mol. The van der Waals surface area contributed by atoms with Crippen molar-refractivity contribution in [2.45, 2.75) is 0 Å². The van der Waals surface area contributed by atoms with Crippen LogP contribution in [0.5, 0.6) is 0 Å². The standard InChI is InChI=1S/C40H26N4S/c41-33(25-10-2-1-3-11-25)23-35-30-14-4-7-15-34(30)42-40(43-35)26-18-20-27(21-19-26)44-36-16-8-5-12-28(36)31-22-32-29-13-6-9-17-38(29)45-39(32)24-37(31)44/h1-24,41H,(H,42,43)/b35-23-,41-33?. The highest BCUT2D eigenvalue weighted by Gasteiger charge is 2.19. The van der Waals surface area contributed by atoms with E-state index in [9.17, 15) is 0 Å². The maximum atomic E-state index is 8.74. The van der Waals surface area contributed by atoms with Crippen molar-refractivity contribution in [3.63, 3.8) is 0 Å². The highest BCUT2D eigenvalue weighted by atomic mass is 32.1. The molecule has 3 heterocycles. The van der Waals surface area contributed by atoms with Gasteiger partial charge in [0.1, 0.15) is 5.84 Å². The van der Waals surface area contributed by atoms with Gasteiger partial charge in [0.15, 0.2) is 0 Å². The summed E-state index contributed by atoms with van der Waals surface area (Å²) in [6.45, 7) is 0. The Labute approximate surface area is 263 Å². The molecule has 1 aliphatic heterocycles. The lowest BCUT2D eigenvalue weighted by atomic mass is 10.0. The van der Waals surface area contributed by atoms with Gasteiger partial charge in [0.2, 0.25) is 0 Å². The third-order valence-corrected chi connectivity index (χ3v) is 9.76. The fourth-order valence-electron chi connectivity index (χ4n) is 6.47. The van der Waals surface area contributed by atoms with Crippen LogP contribution in [0, 0.1) is 5.41 Å². The second-order valence-corrected chi connectivity index (χ2v) is 12.4. The van der Waals surface area contributed by atoms with Crippen LogP contribution in [-0.2, 0) is 0 Å². The number of fused-ring (bicyclic) bond motifs is 7. The molecule has 0 atom stereocenters. The Balaban J connectivity index is 1.14. The third-order valence-electron chi connectivity index (χ3n) is 8.62. The maximum absolute atomic E-state index is 8.74. The Morgan fingerprint density at radius 1 is 0.644 bits per heavy atom. The van der Waals surface area contributed by atoms with E-state index in [2.05, 4.69) is 94.8 Å². The smallest absolute Gasteiger partial charge is 0.138 e. The molecule has 0 radical (unpaired) electrons. The predicted octanol–water partition coefficient (Wildman–Crippen LogP) is 10.2. The molecule has 0 saturated carbocycles. The lowest BCUT2D eigenvalue weighted by Crippen LogP contribution is -2.26. The predicted molar refractivity (Wildman–Crippen MR) is 191 cm³/mol.